The Hall–Kier alpha value is -2.64. The maximum atomic E-state index is 13.7. The van der Waals surface area contributed by atoms with Crippen molar-refractivity contribution in [2.24, 2.45) is 5.92 Å². The number of aromatic nitrogens is 1. The molecule has 0 spiro atoms. The number of nitrogens with one attached hydrogen (secondary N) is 1. The van der Waals surface area contributed by atoms with Crippen LogP contribution in [0.4, 0.5) is 4.39 Å². The van der Waals surface area contributed by atoms with Crippen LogP contribution in [0.25, 0.3) is 11.1 Å². The number of likely N-dealkylation sites (tertiary alicyclic amines) is 1. The lowest BCUT2D eigenvalue weighted by Gasteiger charge is -2.31. The van der Waals surface area contributed by atoms with Crippen molar-refractivity contribution < 1.29 is 13.6 Å². The molecule has 1 N–H and O–H groups in total. The van der Waals surface area contributed by atoms with Gasteiger partial charge < -0.3 is 9.73 Å². The standard InChI is InChI=1S/C22H23ClFN3O3/c23-17-5-6-20-19(13-17)27(22(29)30-20)14-26-11-8-16(9-12-26)21(28)25-10-7-15-3-1-2-4-18(15)24/h1-6,13,16H,7-12,14H2,(H,25,28). The summed E-state index contributed by atoms with van der Waals surface area (Å²) in [4.78, 5) is 26.8. The van der Waals surface area contributed by atoms with Crippen molar-refractivity contribution in [3.8, 4) is 0 Å². The van der Waals surface area contributed by atoms with Crippen molar-refractivity contribution in [2.75, 3.05) is 19.6 Å². The van der Waals surface area contributed by atoms with Gasteiger partial charge in [-0.15, -0.1) is 0 Å². The third-order valence-corrected chi connectivity index (χ3v) is 5.82. The molecule has 2 aromatic carbocycles. The minimum Gasteiger partial charge on any atom is -0.408 e. The fraction of sp³-hybridized carbons (Fsp3) is 0.364. The summed E-state index contributed by atoms with van der Waals surface area (Å²) < 4.78 is 20.5. The first-order valence-corrected chi connectivity index (χ1v) is 10.4. The van der Waals surface area contributed by atoms with E-state index in [1.807, 2.05) is 0 Å². The molecule has 1 aromatic heterocycles. The maximum absolute atomic E-state index is 13.7. The van der Waals surface area contributed by atoms with E-state index < -0.39 is 5.76 Å². The quantitative estimate of drug-likeness (QED) is 0.649. The van der Waals surface area contributed by atoms with Gasteiger partial charge in [0, 0.05) is 30.6 Å². The zero-order valence-electron chi connectivity index (χ0n) is 16.4. The number of nitrogens with zero attached hydrogens (tertiary/aromatic N) is 2. The Morgan fingerprint density at radius 3 is 2.73 bits per heavy atom. The van der Waals surface area contributed by atoms with E-state index in [0.717, 1.165) is 0 Å². The summed E-state index contributed by atoms with van der Waals surface area (Å²) in [6.45, 7) is 2.21. The van der Waals surface area contributed by atoms with E-state index in [1.165, 1.54) is 6.07 Å². The van der Waals surface area contributed by atoms with Crippen LogP contribution < -0.4 is 11.1 Å². The predicted molar refractivity (Wildman–Crippen MR) is 113 cm³/mol. The Bertz CT molecular complexity index is 1100. The molecule has 0 radical (unpaired) electrons. The number of benzene rings is 2. The number of fused-ring (bicyclic) bond motifs is 1. The summed E-state index contributed by atoms with van der Waals surface area (Å²) in [5.41, 5.74) is 1.78. The minimum atomic E-state index is -0.416. The van der Waals surface area contributed by atoms with E-state index in [9.17, 15) is 14.0 Å². The number of carbonyl (C=O) groups is 1. The highest BCUT2D eigenvalue weighted by molar-refractivity contribution is 6.31. The molecule has 0 unspecified atom stereocenters. The zero-order chi connectivity index (χ0) is 21.1. The van der Waals surface area contributed by atoms with Crippen LogP contribution >= 0.6 is 11.6 Å². The largest absolute Gasteiger partial charge is 0.421 e. The molecule has 6 nitrogen and oxygen atoms in total. The van der Waals surface area contributed by atoms with Gasteiger partial charge in [-0.25, -0.2) is 9.18 Å². The third-order valence-electron chi connectivity index (χ3n) is 5.58. The van der Waals surface area contributed by atoms with Crippen LogP contribution in [0.1, 0.15) is 18.4 Å². The molecule has 1 amide bonds. The summed E-state index contributed by atoms with van der Waals surface area (Å²) >= 11 is 6.05. The van der Waals surface area contributed by atoms with Crippen LogP contribution in [0.2, 0.25) is 5.02 Å². The summed E-state index contributed by atoms with van der Waals surface area (Å²) in [5.74, 6) is -0.735. The van der Waals surface area contributed by atoms with Gasteiger partial charge in [-0.3, -0.25) is 14.3 Å². The summed E-state index contributed by atoms with van der Waals surface area (Å²) in [6.07, 6.45) is 1.88. The van der Waals surface area contributed by atoms with Gasteiger partial charge >= 0.3 is 5.76 Å². The lowest BCUT2D eigenvalue weighted by Crippen LogP contribution is -2.42. The second-order valence-corrected chi connectivity index (χ2v) is 8.01. The molecular formula is C22H23ClFN3O3. The van der Waals surface area contributed by atoms with Crippen LogP contribution in [0, 0.1) is 11.7 Å². The predicted octanol–water partition coefficient (Wildman–Crippen LogP) is 3.42. The summed E-state index contributed by atoms with van der Waals surface area (Å²) in [6, 6.07) is 11.7. The topological polar surface area (TPSA) is 67.5 Å². The highest BCUT2D eigenvalue weighted by Crippen LogP contribution is 2.21. The van der Waals surface area contributed by atoms with E-state index in [0.29, 0.717) is 67.3 Å². The van der Waals surface area contributed by atoms with E-state index in [2.05, 4.69) is 10.2 Å². The van der Waals surface area contributed by atoms with E-state index in [1.54, 1.807) is 41.0 Å². The molecule has 0 saturated carbocycles. The zero-order valence-corrected chi connectivity index (χ0v) is 17.2. The second-order valence-electron chi connectivity index (χ2n) is 7.57. The Kier molecular flexibility index (Phi) is 6.20. The van der Waals surface area contributed by atoms with Crippen LogP contribution in [0.15, 0.2) is 51.7 Å². The molecule has 1 saturated heterocycles. The molecule has 1 aliphatic heterocycles. The van der Waals surface area contributed by atoms with Crippen molar-refractivity contribution in [1.82, 2.24) is 14.8 Å². The van der Waals surface area contributed by atoms with Crippen molar-refractivity contribution in [2.45, 2.75) is 25.9 Å². The van der Waals surface area contributed by atoms with Crippen molar-refractivity contribution in [3.05, 3.63) is 69.4 Å². The smallest absolute Gasteiger partial charge is 0.408 e. The first-order valence-electron chi connectivity index (χ1n) is 10.0. The Morgan fingerprint density at radius 1 is 1.20 bits per heavy atom. The van der Waals surface area contributed by atoms with Gasteiger partial charge in [-0.2, -0.15) is 0 Å². The maximum Gasteiger partial charge on any atom is 0.421 e. The van der Waals surface area contributed by atoms with Crippen molar-refractivity contribution in [1.29, 1.82) is 0 Å². The Labute approximate surface area is 178 Å². The van der Waals surface area contributed by atoms with Crippen molar-refractivity contribution >= 4 is 28.6 Å². The van der Waals surface area contributed by atoms with Gasteiger partial charge in [-0.05, 0) is 49.1 Å². The summed E-state index contributed by atoms with van der Waals surface area (Å²) in [7, 11) is 0. The number of halogens is 2. The fourth-order valence-corrected chi connectivity index (χ4v) is 4.04. The molecule has 30 heavy (non-hydrogen) atoms. The number of hydrogen-bond donors (Lipinski definition) is 1. The average molecular weight is 432 g/mol. The van der Waals surface area contributed by atoms with Crippen molar-refractivity contribution in [3.63, 3.8) is 0 Å². The number of carbonyl (C=O) groups excluding carboxylic acids is 1. The van der Waals surface area contributed by atoms with E-state index >= 15 is 0 Å². The highest BCUT2D eigenvalue weighted by atomic mass is 35.5. The Balaban J connectivity index is 1.28. The first kappa shape index (κ1) is 20.6. The normalized spacial score (nSPS) is 15.5. The first-order chi connectivity index (χ1) is 14.5. The van der Waals surface area contributed by atoms with Crippen LogP contribution in [-0.4, -0.2) is 35.0 Å². The van der Waals surface area contributed by atoms with Crippen LogP contribution in [-0.2, 0) is 17.9 Å². The number of amides is 1. The van der Waals surface area contributed by atoms with Gasteiger partial charge in [0.1, 0.15) is 5.82 Å². The van der Waals surface area contributed by atoms with Gasteiger partial charge in [0.05, 0.1) is 12.2 Å². The number of oxazole rings is 1. The highest BCUT2D eigenvalue weighted by Gasteiger charge is 2.25. The molecule has 158 valence electrons. The molecular weight excluding hydrogens is 409 g/mol. The van der Waals surface area contributed by atoms with Gasteiger partial charge in [0.25, 0.3) is 0 Å². The Morgan fingerprint density at radius 2 is 1.97 bits per heavy atom. The minimum absolute atomic E-state index is 0.00342. The molecule has 1 fully saturated rings. The number of rotatable bonds is 6. The SMILES string of the molecule is O=C(NCCc1ccccc1F)C1CCN(Cn2c(=O)oc3ccc(Cl)cc32)CC1. The average Bonchev–Trinajstić information content (AvgIpc) is 3.04. The van der Waals surface area contributed by atoms with Gasteiger partial charge in [-0.1, -0.05) is 29.8 Å². The third kappa shape index (κ3) is 4.57. The molecule has 0 bridgehead atoms. The molecule has 0 aliphatic carbocycles. The van der Waals surface area contributed by atoms with E-state index in [4.69, 9.17) is 16.0 Å². The molecule has 0 atom stereocenters. The fourth-order valence-electron chi connectivity index (χ4n) is 3.87. The monoisotopic (exact) mass is 431 g/mol. The summed E-state index contributed by atoms with van der Waals surface area (Å²) in [5, 5.41) is 3.46. The number of hydrogen-bond acceptors (Lipinski definition) is 4. The molecule has 4 rings (SSSR count). The molecule has 1 aliphatic rings. The van der Waals surface area contributed by atoms with Gasteiger partial charge in [0.2, 0.25) is 5.91 Å². The van der Waals surface area contributed by atoms with E-state index in [-0.39, 0.29) is 17.6 Å². The molecule has 8 heteroatoms. The lowest BCUT2D eigenvalue weighted by molar-refractivity contribution is -0.126. The molecule has 3 aromatic rings. The van der Waals surface area contributed by atoms with Crippen LogP contribution in [0.3, 0.4) is 0 Å². The molecule has 2 heterocycles. The van der Waals surface area contributed by atoms with Crippen LogP contribution in [0.5, 0.6) is 0 Å². The van der Waals surface area contributed by atoms with Gasteiger partial charge in [0.15, 0.2) is 5.58 Å². The number of piperidine rings is 1. The second kappa shape index (κ2) is 9.02. The lowest BCUT2D eigenvalue weighted by atomic mass is 9.96.